The molecule has 0 saturated heterocycles. The monoisotopic (exact) mass is 392 g/mol. The van der Waals surface area contributed by atoms with E-state index >= 15 is 0 Å². The van der Waals surface area contributed by atoms with Gasteiger partial charge in [-0.1, -0.05) is 30.3 Å². The first-order valence-electron chi connectivity index (χ1n) is 10.3. The second-order valence-corrected chi connectivity index (χ2v) is 8.29. The van der Waals surface area contributed by atoms with Crippen molar-refractivity contribution < 1.29 is 13.4 Å². The van der Waals surface area contributed by atoms with Gasteiger partial charge in [-0.3, -0.25) is 0 Å². The molecule has 0 atom stereocenters. The Morgan fingerprint density at radius 2 is 1.30 bits per heavy atom. The standard InChI is InChI=1S/C27H22NO2/c1-15-9-10-20-21-12-11-19-18-7-5-6-8-23(18)29-26(19)27(21)30-25(20)24(15)22-13-16(2)17(3)14-28(22)4/h5-14H,1-4H3/q+1. The Hall–Kier alpha value is -3.59. The highest BCUT2D eigenvalue weighted by molar-refractivity contribution is 6.20. The summed E-state index contributed by atoms with van der Waals surface area (Å²) in [4.78, 5) is 0. The van der Waals surface area contributed by atoms with Crippen LogP contribution in [0, 0.1) is 20.8 Å². The number of hydrogen-bond donors (Lipinski definition) is 0. The molecule has 146 valence electrons. The molecule has 3 heteroatoms. The number of para-hydroxylation sites is 1. The minimum absolute atomic E-state index is 0.817. The van der Waals surface area contributed by atoms with Crippen LogP contribution in [0.1, 0.15) is 16.7 Å². The maximum absolute atomic E-state index is 6.58. The zero-order chi connectivity index (χ0) is 20.6. The molecule has 0 spiro atoms. The fourth-order valence-corrected chi connectivity index (χ4v) is 4.63. The Morgan fingerprint density at radius 3 is 2.13 bits per heavy atom. The van der Waals surface area contributed by atoms with E-state index < -0.39 is 0 Å². The summed E-state index contributed by atoms with van der Waals surface area (Å²) in [5.74, 6) is 0. The van der Waals surface area contributed by atoms with Gasteiger partial charge in [-0.05, 0) is 50.1 Å². The number of hydrogen-bond acceptors (Lipinski definition) is 2. The van der Waals surface area contributed by atoms with Crippen molar-refractivity contribution in [3.8, 4) is 11.3 Å². The summed E-state index contributed by atoms with van der Waals surface area (Å²) in [7, 11) is 2.10. The Balaban J connectivity index is 1.77. The molecule has 0 bridgehead atoms. The lowest BCUT2D eigenvalue weighted by Crippen LogP contribution is -2.31. The number of fused-ring (bicyclic) bond motifs is 7. The van der Waals surface area contributed by atoms with E-state index in [4.69, 9.17) is 8.83 Å². The third kappa shape index (κ3) is 2.23. The van der Waals surface area contributed by atoms with E-state index in [2.05, 4.69) is 75.0 Å². The lowest BCUT2D eigenvalue weighted by molar-refractivity contribution is -0.660. The van der Waals surface area contributed by atoms with Gasteiger partial charge in [0.15, 0.2) is 17.4 Å². The maximum Gasteiger partial charge on any atom is 0.216 e. The van der Waals surface area contributed by atoms with Crippen LogP contribution < -0.4 is 4.57 Å². The SMILES string of the molecule is Cc1cc(-c2c(C)ccc3c2oc2c3ccc3c4ccccc4oc32)[n+](C)cc1C. The van der Waals surface area contributed by atoms with Crippen LogP contribution >= 0.6 is 0 Å². The average molecular weight is 392 g/mol. The van der Waals surface area contributed by atoms with Crippen molar-refractivity contribution in [2.24, 2.45) is 7.05 Å². The van der Waals surface area contributed by atoms with Gasteiger partial charge in [0.1, 0.15) is 18.2 Å². The van der Waals surface area contributed by atoms with E-state index in [1.54, 1.807) is 0 Å². The van der Waals surface area contributed by atoms with E-state index in [0.717, 1.165) is 55.1 Å². The van der Waals surface area contributed by atoms with Crippen molar-refractivity contribution in [1.29, 1.82) is 0 Å². The molecule has 6 rings (SSSR count). The van der Waals surface area contributed by atoms with Gasteiger partial charge in [-0.2, -0.15) is 0 Å². The molecule has 3 aromatic carbocycles. The van der Waals surface area contributed by atoms with E-state index in [9.17, 15) is 0 Å². The number of aromatic nitrogens is 1. The van der Waals surface area contributed by atoms with Crippen LogP contribution in [0.3, 0.4) is 0 Å². The van der Waals surface area contributed by atoms with Crippen molar-refractivity contribution in [3.63, 3.8) is 0 Å². The molecule has 0 aliphatic rings. The molecular formula is C27H22NO2+. The molecule has 6 aromatic rings. The average Bonchev–Trinajstić information content (AvgIpc) is 3.29. The number of nitrogens with zero attached hydrogens (tertiary/aromatic N) is 1. The van der Waals surface area contributed by atoms with E-state index in [1.165, 1.54) is 16.7 Å². The zero-order valence-corrected chi connectivity index (χ0v) is 17.5. The van der Waals surface area contributed by atoms with Gasteiger partial charge in [0.2, 0.25) is 5.69 Å². The summed E-state index contributed by atoms with van der Waals surface area (Å²) in [6.45, 7) is 6.45. The summed E-state index contributed by atoms with van der Waals surface area (Å²) >= 11 is 0. The molecule has 0 unspecified atom stereocenters. The first kappa shape index (κ1) is 17.3. The van der Waals surface area contributed by atoms with Crippen LogP contribution in [-0.4, -0.2) is 0 Å². The van der Waals surface area contributed by atoms with Gasteiger partial charge >= 0.3 is 0 Å². The lowest BCUT2D eigenvalue weighted by atomic mass is 9.99. The van der Waals surface area contributed by atoms with E-state index in [1.807, 2.05) is 18.2 Å². The normalized spacial score (nSPS) is 12.0. The highest BCUT2D eigenvalue weighted by Crippen LogP contribution is 2.41. The van der Waals surface area contributed by atoms with Gasteiger partial charge in [0.05, 0.1) is 5.56 Å². The number of rotatable bonds is 1. The first-order valence-corrected chi connectivity index (χ1v) is 10.3. The van der Waals surface area contributed by atoms with Crippen LogP contribution in [0.25, 0.3) is 55.1 Å². The number of aryl methyl sites for hydroxylation is 4. The summed E-state index contributed by atoms with van der Waals surface area (Å²) in [6.07, 6.45) is 2.18. The topological polar surface area (TPSA) is 30.2 Å². The molecule has 0 radical (unpaired) electrons. The van der Waals surface area contributed by atoms with Gasteiger partial charge < -0.3 is 8.83 Å². The predicted molar refractivity (Wildman–Crippen MR) is 122 cm³/mol. The largest absolute Gasteiger partial charge is 0.452 e. The summed E-state index contributed by atoms with van der Waals surface area (Å²) in [5.41, 5.74) is 9.47. The van der Waals surface area contributed by atoms with Crippen molar-refractivity contribution in [2.75, 3.05) is 0 Å². The molecule has 3 nitrogen and oxygen atoms in total. The first-order chi connectivity index (χ1) is 14.5. The molecule has 0 N–H and O–H groups in total. The molecule has 0 amide bonds. The van der Waals surface area contributed by atoms with Gasteiger partial charge in [-0.25, -0.2) is 4.57 Å². The number of furan rings is 2. The van der Waals surface area contributed by atoms with Crippen molar-refractivity contribution in [3.05, 3.63) is 77.5 Å². The number of benzene rings is 3. The second kappa shape index (κ2) is 5.96. The smallest absolute Gasteiger partial charge is 0.216 e. The van der Waals surface area contributed by atoms with Crippen molar-refractivity contribution >= 4 is 43.9 Å². The van der Waals surface area contributed by atoms with Gasteiger partial charge in [-0.15, -0.1) is 0 Å². The molecule has 0 aliphatic carbocycles. The van der Waals surface area contributed by atoms with E-state index in [-0.39, 0.29) is 0 Å². The summed E-state index contributed by atoms with van der Waals surface area (Å²) in [6, 6.07) is 19.1. The summed E-state index contributed by atoms with van der Waals surface area (Å²) < 4.78 is 15.0. The molecular weight excluding hydrogens is 370 g/mol. The maximum atomic E-state index is 6.58. The van der Waals surface area contributed by atoms with Crippen LogP contribution in [0.5, 0.6) is 0 Å². The fraction of sp³-hybridized carbons (Fsp3) is 0.148. The minimum Gasteiger partial charge on any atom is -0.452 e. The summed E-state index contributed by atoms with van der Waals surface area (Å²) in [5, 5.41) is 4.41. The van der Waals surface area contributed by atoms with Crippen molar-refractivity contribution in [2.45, 2.75) is 20.8 Å². The van der Waals surface area contributed by atoms with Crippen LogP contribution in [-0.2, 0) is 7.05 Å². The highest BCUT2D eigenvalue weighted by Gasteiger charge is 2.23. The van der Waals surface area contributed by atoms with Crippen LogP contribution in [0.2, 0.25) is 0 Å². The Labute approximate surface area is 174 Å². The third-order valence-electron chi connectivity index (χ3n) is 6.36. The lowest BCUT2D eigenvalue weighted by Gasteiger charge is -2.07. The Kier molecular flexibility index (Phi) is 3.43. The van der Waals surface area contributed by atoms with Crippen LogP contribution in [0.4, 0.5) is 0 Å². The quantitative estimate of drug-likeness (QED) is 0.285. The van der Waals surface area contributed by atoms with Gasteiger partial charge in [0, 0.05) is 33.2 Å². The fourth-order valence-electron chi connectivity index (χ4n) is 4.63. The molecule has 30 heavy (non-hydrogen) atoms. The second-order valence-electron chi connectivity index (χ2n) is 8.29. The van der Waals surface area contributed by atoms with Crippen LogP contribution in [0.15, 0.2) is 69.6 Å². The number of pyridine rings is 1. The Bertz CT molecular complexity index is 1630. The van der Waals surface area contributed by atoms with Gasteiger partial charge in [0.25, 0.3) is 0 Å². The molecule has 0 saturated carbocycles. The minimum atomic E-state index is 0.817. The van der Waals surface area contributed by atoms with Crippen molar-refractivity contribution in [1.82, 2.24) is 0 Å². The molecule has 0 fully saturated rings. The molecule has 0 aliphatic heterocycles. The molecule has 3 aromatic heterocycles. The predicted octanol–water partition coefficient (Wildman–Crippen LogP) is 6.90. The van der Waals surface area contributed by atoms with E-state index in [0.29, 0.717) is 0 Å². The third-order valence-corrected chi connectivity index (χ3v) is 6.36. The molecule has 3 heterocycles. The Morgan fingerprint density at radius 1 is 0.633 bits per heavy atom. The zero-order valence-electron chi connectivity index (χ0n) is 17.5. The highest BCUT2D eigenvalue weighted by atomic mass is 16.4.